The van der Waals surface area contributed by atoms with Crippen molar-refractivity contribution in [3.05, 3.63) is 54.4 Å². The maximum Gasteiger partial charge on any atom is 0.254 e. The van der Waals surface area contributed by atoms with Gasteiger partial charge in [0.15, 0.2) is 0 Å². The first kappa shape index (κ1) is 13.8. The van der Waals surface area contributed by atoms with Crippen molar-refractivity contribution < 1.29 is 9.53 Å². The number of nitrogens with one attached hydrogen (secondary N) is 1. The molecular formula is C16H14N4O2. The van der Waals surface area contributed by atoms with Crippen LogP contribution in [0, 0.1) is 0 Å². The van der Waals surface area contributed by atoms with Crippen LogP contribution in [0.3, 0.4) is 0 Å². The van der Waals surface area contributed by atoms with Crippen LogP contribution < -0.4 is 10.5 Å². The molecule has 1 aromatic carbocycles. The van der Waals surface area contributed by atoms with E-state index in [1.54, 1.807) is 18.5 Å². The number of nitrogens with zero attached hydrogens (tertiary/aromatic N) is 2. The number of pyridine rings is 1. The van der Waals surface area contributed by atoms with Gasteiger partial charge in [0, 0.05) is 18.0 Å². The van der Waals surface area contributed by atoms with Crippen LogP contribution in [0.4, 0.5) is 0 Å². The summed E-state index contributed by atoms with van der Waals surface area (Å²) in [6.07, 6.45) is 3.25. The Hall–Kier alpha value is -3.15. The molecule has 0 fully saturated rings. The van der Waals surface area contributed by atoms with Gasteiger partial charge in [-0.3, -0.25) is 14.9 Å². The maximum absolute atomic E-state index is 12.0. The van der Waals surface area contributed by atoms with Gasteiger partial charge in [-0.1, -0.05) is 30.3 Å². The van der Waals surface area contributed by atoms with Gasteiger partial charge in [-0.05, 0) is 6.07 Å². The van der Waals surface area contributed by atoms with Gasteiger partial charge in [0.1, 0.15) is 11.3 Å². The van der Waals surface area contributed by atoms with E-state index in [1.165, 1.54) is 7.11 Å². The predicted molar refractivity (Wildman–Crippen MR) is 82.3 cm³/mol. The molecule has 110 valence electrons. The first-order valence-electron chi connectivity index (χ1n) is 6.64. The average Bonchev–Trinajstić information content (AvgIpc) is 3.08. The number of aromatic amines is 1. The standard InChI is InChI=1S/C16H14N4O2/c1-22-15-11(12-7-8-19-20-12)9-18-14(13(15)16(17)21)10-5-3-2-4-6-10/h2-9H,1H3,(H2,17,21)(H,19,20). The fourth-order valence-corrected chi connectivity index (χ4v) is 2.35. The summed E-state index contributed by atoms with van der Waals surface area (Å²) in [4.78, 5) is 16.4. The van der Waals surface area contributed by atoms with Crippen LogP contribution >= 0.6 is 0 Å². The highest BCUT2D eigenvalue weighted by Gasteiger charge is 2.22. The molecule has 6 heteroatoms. The zero-order valence-electron chi connectivity index (χ0n) is 11.9. The summed E-state index contributed by atoms with van der Waals surface area (Å²) in [7, 11) is 1.50. The molecular weight excluding hydrogens is 280 g/mol. The smallest absolute Gasteiger partial charge is 0.254 e. The van der Waals surface area contributed by atoms with E-state index < -0.39 is 5.91 Å². The molecule has 0 radical (unpaired) electrons. The Morgan fingerprint density at radius 1 is 1.23 bits per heavy atom. The van der Waals surface area contributed by atoms with Crippen LogP contribution in [0.5, 0.6) is 5.75 Å². The van der Waals surface area contributed by atoms with E-state index >= 15 is 0 Å². The number of ether oxygens (including phenoxy) is 1. The Morgan fingerprint density at radius 2 is 2.00 bits per heavy atom. The van der Waals surface area contributed by atoms with Crippen LogP contribution in [0.2, 0.25) is 0 Å². The second-order valence-electron chi connectivity index (χ2n) is 4.63. The molecule has 0 aliphatic carbocycles. The van der Waals surface area contributed by atoms with Crippen molar-refractivity contribution in [2.45, 2.75) is 0 Å². The lowest BCUT2D eigenvalue weighted by molar-refractivity contribution is 0.0998. The van der Waals surface area contributed by atoms with E-state index in [0.717, 1.165) is 5.56 Å². The molecule has 0 spiro atoms. The van der Waals surface area contributed by atoms with Crippen LogP contribution in [0.1, 0.15) is 10.4 Å². The van der Waals surface area contributed by atoms with Crippen molar-refractivity contribution in [2.24, 2.45) is 5.73 Å². The van der Waals surface area contributed by atoms with Crippen molar-refractivity contribution >= 4 is 5.91 Å². The van der Waals surface area contributed by atoms with Crippen LogP contribution in [0.25, 0.3) is 22.5 Å². The monoisotopic (exact) mass is 294 g/mol. The number of carbonyl (C=O) groups excluding carboxylic acids is 1. The van der Waals surface area contributed by atoms with Crippen LogP contribution in [0.15, 0.2) is 48.8 Å². The van der Waals surface area contributed by atoms with Gasteiger partial charge in [0.05, 0.1) is 24.1 Å². The SMILES string of the molecule is COc1c(-c2ccn[nH]2)cnc(-c2ccccc2)c1C(N)=O. The number of methoxy groups -OCH3 is 1. The van der Waals surface area contributed by atoms with Crippen molar-refractivity contribution in [1.29, 1.82) is 0 Å². The molecule has 0 bridgehead atoms. The molecule has 3 N–H and O–H groups in total. The number of rotatable bonds is 4. The molecule has 2 aromatic heterocycles. The maximum atomic E-state index is 12.0. The number of amides is 1. The molecule has 3 rings (SSSR count). The predicted octanol–water partition coefficient (Wildman–Crippen LogP) is 2.25. The molecule has 0 aliphatic heterocycles. The number of carbonyl (C=O) groups is 1. The van der Waals surface area contributed by atoms with Crippen molar-refractivity contribution in [1.82, 2.24) is 15.2 Å². The average molecular weight is 294 g/mol. The van der Waals surface area contributed by atoms with Crippen molar-refractivity contribution in [2.75, 3.05) is 7.11 Å². The number of benzene rings is 1. The van der Waals surface area contributed by atoms with E-state index in [9.17, 15) is 4.79 Å². The molecule has 1 amide bonds. The van der Waals surface area contributed by atoms with Gasteiger partial charge in [-0.15, -0.1) is 0 Å². The Labute approximate surface area is 127 Å². The van der Waals surface area contributed by atoms with Crippen LogP contribution in [-0.2, 0) is 0 Å². The summed E-state index contributed by atoms with van der Waals surface area (Å²) in [5, 5.41) is 6.74. The van der Waals surface area contributed by atoms with E-state index in [0.29, 0.717) is 22.7 Å². The fraction of sp³-hybridized carbons (Fsp3) is 0.0625. The van der Waals surface area contributed by atoms with Gasteiger partial charge in [0.25, 0.3) is 5.91 Å². The summed E-state index contributed by atoms with van der Waals surface area (Å²) >= 11 is 0. The molecule has 0 atom stereocenters. The fourth-order valence-electron chi connectivity index (χ4n) is 2.35. The van der Waals surface area contributed by atoms with Gasteiger partial charge < -0.3 is 10.5 Å². The first-order valence-corrected chi connectivity index (χ1v) is 6.64. The minimum atomic E-state index is -0.593. The first-order chi connectivity index (χ1) is 10.7. The van der Waals surface area contributed by atoms with Gasteiger partial charge in [-0.2, -0.15) is 5.10 Å². The summed E-state index contributed by atoms with van der Waals surface area (Å²) in [6, 6.07) is 11.1. The summed E-state index contributed by atoms with van der Waals surface area (Å²) in [5.74, 6) is -0.213. The number of aromatic nitrogens is 3. The molecule has 0 unspecified atom stereocenters. The molecule has 0 saturated heterocycles. The quantitative estimate of drug-likeness (QED) is 0.771. The van der Waals surface area contributed by atoms with E-state index in [-0.39, 0.29) is 5.56 Å². The van der Waals surface area contributed by atoms with Gasteiger partial charge in [0.2, 0.25) is 0 Å². The number of hydrogen-bond donors (Lipinski definition) is 2. The highest BCUT2D eigenvalue weighted by Crippen LogP contribution is 2.36. The normalized spacial score (nSPS) is 10.4. The summed E-state index contributed by atoms with van der Waals surface area (Å²) < 4.78 is 5.44. The molecule has 3 aromatic rings. The highest BCUT2D eigenvalue weighted by molar-refractivity contribution is 6.03. The topological polar surface area (TPSA) is 93.9 Å². The number of hydrogen-bond acceptors (Lipinski definition) is 4. The summed E-state index contributed by atoms with van der Waals surface area (Å²) in [5.41, 5.74) is 8.44. The second-order valence-corrected chi connectivity index (χ2v) is 4.63. The lowest BCUT2D eigenvalue weighted by Gasteiger charge is -2.14. The van der Waals surface area contributed by atoms with E-state index in [1.807, 2.05) is 30.3 Å². The number of nitrogens with two attached hydrogens (primary N) is 1. The Morgan fingerprint density at radius 3 is 2.59 bits per heavy atom. The van der Waals surface area contributed by atoms with Crippen LogP contribution in [-0.4, -0.2) is 28.2 Å². The number of H-pyrrole nitrogens is 1. The molecule has 0 saturated carbocycles. The van der Waals surface area contributed by atoms with E-state index in [4.69, 9.17) is 10.5 Å². The minimum absolute atomic E-state index is 0.251. The third-order valence-corrected chi connectivity index (χ3v) is 3.32. The zero-order chi connectivity index (χ0) is 15.5. The Balaban J connectivity index is 2.28. The third kappa shape index (κ3) is 2.31. The lowest BCUT2D eigenvalue weighted by Crippen LogP contribution is -2.15. The minimum Gasteiger partial charge on any atom is -0.495 e. The highest BCUT2D eigenvalue weighted by atomic mass is 16.5. The Kier molecular flexibility index (Phi) is 3.57. The molecule has 2 heterocycles. The third-order valence-electron chi connectivity index (χ3n) is 3.32. The summed E-state index contributed by atoms with van der Waals surface area (Å²) in [6.45, 7) is 0. The Bertz CT molecular complexity index is 799. The van der Waals surface area contributed by atoms with Gasteiger partial charge >= 0.3 is 0 Å². The van der Waals surface area contributed by atoms with Crippen molar-refractivity contribution in [3.63, 3.8) is 0 Å². The zero-order valence-corrected chi connectivity index (χ0v) is 11.9. The molecule has 22 heavy (non-hydrogen) atoms. The molecule has 0 aliphatic rings. The second kappa shape index (κ2) is 5.69. The lowest BCUT2D eigenvalue weighted by atomic mass is 10.0. The van der Waals surface area contributed by atoms with Gasteiger partial charge in [-0.25, -0.2) is 0 Å². The van der Waals surface area contributed by atoms with E-state index in [2.05, 4.69) is 15.2 Å². The molecule has 6 nitrogen and oxygen atoms in total. The number of primary amides is 1. The largest absolute Gasteiger partial charge is 0.495 e. The van der Waals surface area contributed by atoms with Crippen molar-refractivity contribution in [3.8, 4) is 28.3 Å².